The first-order chi connectivity index (χ1) is 14.4. The van der Waals surface area contributed by atoms with Crippen molar-refractivity contribution >= 4 is 23.8 Å². The van der Waals surface area contributed by atoms with Crippen molar-refractivity contribution in [3.05, 3.63) is 63.7 Å². The van der Waals surface area contributed by atoms with Gasteiger partial charge in [0.05, 0.1) is 31.3 Å². The molecule has 0 aliphatic heterocycles. The summed E-state index contributed by atoms with van der Waals surface area (Å²) in [6.45, 7) is 1.92. The Kier molecular flexibility index (Phi) is 8.30. The maximum Gasteiger partial charge on any atom is 0.343 e. The molecule has 0 spiro atoms. The van der Waals surface area contributed by atoms with Gasteiger partial charge in [-0.3, -0.25) is 14.9 Å². The van der Waals surface area contributed by atoms with Crippen molar-refractivity contribution in [2.75, 3.05) is 20.3 Å². The van der Waals surface area contributed by atoms with Crippen LogP contribution in [0.4, 0.5) is 5.69 Å². The van der Waals surface area contributed by atoms with Crippen LogP contribution in [0, 0.1) is 10.1 Å². The van der Waals surface area contributed by atoms with E-state index in [1.807, 2.05) is 0 Å². The standard InChI is InChI=1S/C20H21N3O7/c1-3-29-18-10-14(8-9-17(18)30-13-20(25)28-2)12-21-22-19(24)11-15-6-4-5-7-16(15)23(26)27/h4-10,12H,3,11,13H2,1-2H3,(H,22,24)/b21-12+. The molecule has 0 bridgehead atoms. The molecule has 10 heteroatoms. The molecule has 10 nitrogen and oxygen atoms in total. The van der Waals surface area contributed by atoms with Crippen molar-refractivity contribution in [1.82, 2.24) is 5.43 Å². The van der Waals surface area contributed by atoms with Gasteiger partial charge in [0, 0.05) is 11.6 Å². The van der Waals surface area contributed by atoms with Crippen molar-refractivity contribution in [3.8, 4) is 11.5 Å². The predicted octanol–water partition coefficient (Wildman–Crippen LogP) is 2.24. The van der Waals surface area contributed by atoms with E-state index in [1.165, 1.54) is 31.5 Å². The second-order valence-corrected chi connectivity index (χ2v) is 5.86. The quantitative estimate of drug-likeness (QED) is 0.273. The molecule has 0 fully saturated rings. The fourth-order valence-corrected chi connectivity index (χ4v) is 2.42. The molecule has 0 atom stereocenters. The Morgan fingerprint density at radius 2 is 1.93 bits per heavy atom. The molecule has 2 aromatic rings. The molecule has 2 rings (SSSR count). The minimum absolute atomic E-state index is 0.125. The molecule has 0 aliphatic rings. The zero-order chi connectivity index (χ0) is 21.9. The molecular weight excluding hydrogens is 394 g/mol. The zero-order valence-corrected chi connectivity index (χ0v) is 16.5. The summed E-state index contributed by atoms with van der Waals surface area (Å²) in [4.78, 5) is 33.7. The Hall–Kier alpha value is -3.95. The van der Waals surface area contributed by atoms with Gasteiger partial charge < -0.3 is 14.2 Å². The second kappa shape index (κ2) is 11.1. The summed E-state index contributed by atoms with van der Waals surface area (Å²) in [5, 5.41) is 14.9. The van der Waals surface area contributed by atoms with Gasteiger partial charge in [-0.2, -0.15) is 5.10 Å². The lowest BCUT2D eigenvalue weighted by atomic mass is 10.1. The number of rotatable bonds is 10. The van der Waals surface area contributed by atoms with E-state index in [1.54, 1.807) is 31.2 Å². The van der Waals surface area contributed by atoms with Crippen LogP contribution in [0.15, 0.2) is 47.6 Å². The normalized spacial score (nSPS) is 10.5. The van der Waals surface area contributed by atoms with Gasteiger partial charge in [-0.25, -0.2) is 10.2 Å². The van der Waals surface area contributed by atoms with Crippen LogP contribution in [-0.2, 0) is 20.7 Å². The summed E-state index contributed by atoms with van der Waals surface area (Å²) in [6.07, 6.45) is 1.21. The predicted molar refractivity (Wildman–Crippen MR) is 108 cm³/mol. The average molecular weight is 415 g/mol. The monoisotopic (exact) mass is 415 g/mol. The third-order valence-electron chi connectivity index (χ3n) is 3.78. The average Bonchev–Trinajstić information content (AvgIpc) is 2.73. The molecule has 1 amide bonds. The zero-order valence-electron chi connectivity index (χ0n) is 16.5. The lowest BCUT2D eigenvalue weighted by Crippen LogP contribution is -2.20. The highest BCUT2D eigenvalue weighted by Crippen LogP contribution is 2.28. The highest BCUT2D eigenvalue weighted by atomic mass is 16.6. The van der Waals surface area contributed by atoms with E-state index in [0.717, 1.165) is 0 Å². The smallest absolute Gasteiger partial charge is 0.343 e. The molecule has 0 radical (unpaired) electrons. The lowest BCUT2D eigenvalue weighted by Gasteiger charge is -2.11. The number of carbonyl (C=O) groups excluding carboxylic acids is 2. The van der Waals surface area contributed by atoms with E-state index in [9.17, 15) is 19.7 Å². The topological polar surface area (TPSA) is 129 Å². The maximum absolute atomic E-state index is 12.0. The van der Waals surface area contributed by atoms with E-state index in [2.05, 4.69) is 15.3 Å². The highest BCUT2D eigenvalue weighted by Gasteiger charge is 2.15. The molecule has 158 valence electrons. The van der Waals surface area contributed by atoms with Crippen molar-refractivity contribution in [2.45, 2.75) is 13.3 Å². The number of ether oxygens (including phenoxy) is 3. The van der Waals surface area contributed by atoms with Crippen LogP contribution in [0.5, 0.6) is 11.5 Å². The van der Waals surface area contributed by atoms with E-state index in [4.69, 9.17) is 9.47 Å². The number of esters is 1. The summed E-state index contributed by atoms with van der Waals surface area (Å²) in [7, 11) is 1.26. The third kappa shape index (κ3) is 6.59. The Morgan fingerprint density at radius 1 is 1.17 bits per heavy atom. The lowest BCUT2D eigenvalue weighted by molar-refractivity contribution is -0.385. The summed E-state index contributed by atoms with van der Waals surface area (Å²) in [5.41, 5.74) is 3.11. The number of nitrogens with zero attached hydrogens (tertiary/aromatic N) is 2. The van der Waals surface area contributed by atoms with Crippen LogP contribution < -0.4 is 14.9 Å². The molecule has 0 saturated heterocycles. The van der Waals surface area contributed by atoms with Gasteiger partial charge in [0.2, 0.25) is 5.91 Å². The van der Waals surface area contributed by atoms with Crippen LogP contribution in [0.25, 0.3) is 0 Å². The van der Waals surface area contributed by atoms with Crippen LogP contribution in [0.3, 0.4) is 0 Å². The number of hydrogen-bond donors (Lipinski definition) is 1. The molecule has 30 heavy (non-hydrogen) atoms. The number of amides is 1. The number of benzene rings is 2. The first-order valence-electron chi connectivity index (χ1n) is 8.95. The third-order valence-corrected chi connectivity index (χ3v) is 3.78. The van der Waals surface area contributed by atoms with Crippen molar-refractivity contribution in [3.63, 3.8) is 0 Å². The minimum atomic E-state index is -0.537. The molecule has 0 aliphatic carbocycles. The largest absolute Gasteiger partial charge is 0.490 e. The second-order valence-electron chi connectivity index (χ2n) is 5.86. The number of carbonyl (C=O) groups is 2. The fourth-order valence-electron chi connectivity index (χ4n) is 2.42. The van der Waals surface area contributed by atoms with Crippen LogP contribution in [0.2, 0.25) is 0 Å². The van der Waals surface area contributed by atoms with Gasteiger partial charge in [0.15, 0.2) is 18.1 Å². The number of para-hydroxylation sites is 1. The van der Waals surface area contributed by atoms with E-state index in [0.29, 0.717) is 29.2 Å². The summed E-state index contributed by atoms with van der Waals surface area (Å²) < 4.78 is 15.4. The molecule has 0 saturated carbocycles. The summed E-state index contributed by atoms with van der Waals surface area (Å²) in [5.74, 6) is -0.260. The van der Waals surface area contributed by atoms with Crippen LogP contribution >= 0.6 is 0 Å². The highest BCUT2D eigenvalue weighted by molar-refractivity contribution is 5.84. The van der Waals surface area contributed by atoms with Crippen molar-refractivity contribution in [2.24, 2.45) is 5.10 Å². The Bertz CT molecular complexity index is 944. The Labute approximate surface area is 172 Å². The molecular formula is C20H21N3O7. The Morgan fingerprint density at radius 3 is 2.63 bits per heavy atom. The minimum Gasteiger partial charge on any atom is -0.490 e. The summed E-state index contributed by atoms with van der Waals surface area (Å²) >= 11 is 0. The van der Waals surface area contributed by atoms with Gasteiger partial charge in [-0.15, -0.1) is 0 Å². The first-order valence-corrected chi connectivity index (χ1v) is 8.95. The van der Waals surface area contributed by atoms with Gasteiger partial charge in [0.25, 0.3) is 5.69 Å². The first kappa shape index (κ1) is 22.3. The fraction of sp³-hybridized carbons (Fsp3) is 0.250. The van der Waals surface area contributed by atoms with Gasteiger partial charge in [0.1, 0.15) is 0 Å². The SMILES string of the molecule is CCOc1cc(/C=N/NC(=O)Cc2ccccc2[N+](=O)[O-])ccc1OCC(=O)OC. The number of nitro groups is 1. The molecule has 0 heterocycles. The summed E-state index contributed by atoms with van der Waals surface area (Å²) in [6, 6.07) is 10.9. The number of hydrazone groups is 1. The van der Waals surface area contributed by atoms with Gasteiger partial charge in [-0.1, -0.05) is 18.2 Å². The molecule has 1 N–H and O–H groups in total. The van der Waals surface area contributed by atoms with Crippen LogP contribution in [-0.4, -0.2) is 43.3 Å². The van der Waals surface area contributed by atoms with Crippen molar-refractivity contribution in [1.29, 1.82) is 0 Å². The molecule has 0 aromatic heterocycles. The van der Waals surface area contributed by atoms with Crippen molar-refractivity contribution < 1.29 is 28.7 Å². The number of hydrogen-bond acceptors (Lipinski definition) is 8. The maximum atomic E-state index is 12.0. The van der Waals surface area contributed by atoms with Crippen LogP contribution in [0.1, 0.15) is 18.1 Å². The number of nitro benzene ring substituents is 1. The van der Waals surface area contributed by atoms with E-state index in [-0.39, 0.29) is 18.7 Å². The molecule has 2 aromatic carbocycles. The van der Waals surface area contributed by atoms with Gasteiger partial charge >= 0.3 is 5.97 Å². The number of nitrogens with one attached hydrogen (secondary N) is 1. The number of methoxy groups -OCH3 is 1. The van der Waals surface area contributed by atoms with E-state index >= 15 is 0 Å². The molecule has 0 unspecified atom stereocenters. The Balaban J connectivity index is 2.01. The van der Waals surface area contributed by atoms with E-state index < -0.39 is 16.8 Å². The van der Waals surface area contributed by atoms with Gasteiger partial charge in [-0.05, 0) is 30.7 Å².